The van der Waals surface area contributed by atoms with E-state index in [2.05, 4.69) is 12.2 Å². The molecule has 2 aromatic carbocycles. The van der Waals surface area contributed by atoms with Crippen molar-refractivity contribution < 1.29 is 19.1 Å². The van der Waals surface area contributed by atoms with Crippen LogP contribution in [0.3, 0.4) is 0 Å². The maximum atomic E-state index is 12.5. The number of nitrogens with one attached hydrogen (secondary N) is 1. The molecule has 1 N–H and O–H groups in total. The van der Waals surface area contributed by atoms with Crippen LogP contribution in [0.5, 0.6) is 11.5 Å². The average Bonchev–Trinajstić information content (AvgIpc) is 2.68. The van der Waals surface area contributed by atoms with Crippen LogP contribution in [0, 0.1) is 0 Å². The first kappa shape index (κ1) is 20.3. The largest absolute Gasteiger partial charge is 0.497 e. The summed E-state index contributed by atoms with van der Waals surface area (Å²) in [6.07, 6.45) is 2.06. The number of likely N-dealkylation sites (N-methyl/N-ethyl adjacent to an activating group) is 1. The Kier molecular flexibility index (Phi) is 7.67. The number of hydrogen-bond acceptors (Lipinski definition) is 4. The van der Waals surface area contributed by atoms with Crippen LogP contribution < -0.4 is 14.8 Å². The van der Waals surface area contributed by atoms with E-state index in [4.69, 9.17) is 9.47 Å². The van der Waals surface area contributed by atoms with Crippen molar-refractivity contribution in [2.24, 2.45) is 0 Å². The van der Waals surface area contributed by atoms with Crippen LogP contribution >= 0.6 is 0 Å². The molecule has 0 bridgehead atoms. The van der Waals surface area contributed by atoms with Gasteiger partial charge in [-0.25, -0.2) is 0 Å². The summed E-state index contributed by atoms with van der Waals surface area (Å²) in [6.45, 7) is 2.71. The zero-order valence-corrected chi connectivity index (χ0v) is 16.0. The molecule has 0 spiro atoms. The number of anilines is 1. The van der Waals surface area contributed by atoms with Crippen molar-refractivity contribution in [2.45, 2.75) is 19.8 Å². The minimum atomic E-state index is -0.279. The summed E-state index contributed by atoms with van der Waals surface area (Å²) >= 11 is 0. The van der Waals surface area contributed by atoms with Crippen LogP contribution in [0.4, 0.5) is 5.69 Å². The minimum absolute atomic E-state index is 0.0508. The number of methoxy groups -OCH3 is 1. The Morgan fingerprint density at radius 3 is 2.48 bits per heavy atom. The third-order valence-electron chi connectivity index (χ3n) is 3.95. The molecule has 0 unspecified atom stereocenters. The predicted octanol–water partition coefficient (Wildman–Crippen LogP) is 3.58. The van der Waals surface area contributed by atoms with Crippen molar-refractivity contribution >= 4 is 17.5 Å². The second kappa shape index (κ2) is 10.2. The Morgan fingerprint density at radius 2 is 1.81 bits per heavy atom. The van der Waals surface area contributed by atoms with Gasteiger partial charge >= 0.3 is 0 Å². The molecule has 0 aliphatic carbocycles. The lowest BCUT2D eigenvalue weighted by Gasteiger charge is -2.17. The van der Waals surface area contributed by atoms with Crippen LogP contribution in [-0.4, -0.2) is 44.0 Å². The van der Waals surface area contributed by atoms with E-state index in [-0.39, 0.29) is 18.4 Å². The zero-order chi connectivity index (χ0) is 19.6. The molecule has 0 atom stereocenters. The Hall–Kier alpha value is -3.02. The molecule has 2 rings (SSSR count). The molecule has 6 heteroatoms. The molecule has 2 amide bonds. The molecule has 2 aromatic rings. The van der Waals surface area contributed by atoms with E-state index in [1.54, 1.807) is 62.7 Å². The molecule has 0 radical (unpaired) electrons. The average molecular weight is 370 g/mol. The first-order chi connectivity index (χ1) is 13.0. The molecule has 0 fully saturated rings. The summed E-state index contributed by atoms with van der Waals surface area (Å²) < 4.78 is 10.7. The molecule has 0 aliphatic heterocycles. The van der Waals surface area contributed by atoms with E-state index < -0.39 is 0 Å². The summed E-state index contributed by atoms with van der Waals surface area (Å²) in [5.41, 5.74) is 1.13. The normalized spacial score (nSPS) is 10.2. The van der Waals surface area contributed by atoms with Gasteiger partial charge in [-0.1, -0.05) is 19.4 Å². The van der Waals surface area contributed by atoms with Crippen molar-refractivity contribution in [2.75, 3.05) is 32.6 Å². The van der Waals surface area contributed by atoms with E-state index in [1.807, 2.05) is 0 Å². The number of carbonyl (C=O) groups excluding carboxylic acids is 2. The second-order valence-electron chi connectivity index (χ2n) is 6.17. The summed E-state index contributed by atoms with van der Waals surface area (Å²) in [5, 5.41) is 2.76. The lowest BCUT2D eigenvalue weighted by Crippen LogP contribution is -2.34. The first-order valence-corrected chi connectivity index (χ1v) is 8.95. The molecule has 0 aromatic heterocycles. The number of ether oxygens (including phenoxy) is 2. The topological polar surface area (TPSA) is 67.9 Å². The van der Waals surface area contributed by atoms with Gasteiger partial charge < -0.3 is 19.7 Å². The van der Waals surface area contributed by atoms with E-state index in [1.165, 1.54) is 4.90 Å². The van der Waals surface area contributed by atoms with Crippen LogP contribution in [-0.2, 0) is 4.79 Å². The standard InChI is InChI=1S/C21H26N2O4/c1-4-5-13-27-18-11-9-16(10-12-18)21(25)23(2)15-20(24)22-17-7-6-8-19(14-17)26-3/h6-12,14H,4-5,13,15H2,1-3H3,(H,22,24). The molecule has 27 heavy (non-hydrogen) atoms. The predicted molar refractivity (Wildman–Crippen MR) is 105 cm³/mol. The number of carbonyl (C=O) groups is 2. The van der Waals surface area contributed by atoms with Gasteiger partial charge in [-0.15, -0.1) is 0 Å². The van der Waals surface area contributed by atoms with Crippen LogP contribution in [0.25, 0.3) is 0 Å². The Balaban J connectivity index is 1.89. The molecular weight excluding hydrogens is 344 g/mol. The molecule has 0 aliphatic rings. The lowest BCUT2D eigenvalue weighted by molar-refractivity contribution is -0.116. The summed E-state index contributed by atoms with van der Waals surface area (Å²) in [4.78, 5) is 26.1. The highest BCUT2D eigenvalue weighted by molar-refractivity contribution is 5.99. The lowest BCUT2D eigenvalue weighted by atomic mass is 10.2. The Labute approximate surface area is 160 Å². The van der Waals surface area contributed by atoms with Gasteiger partial charge in [-0.2, -0.15) is 0 Å². The highest BCUT2D eigenvalue weighted by Gasteiger charge is 2.15. The van der Waals surface area contributed by atoms with E-state index >= 15 is 0 Å². The highest BCUT2D eigenvalue weighted by atomic mass is 16.5. The second-order valence-corrected chi connectivity index (χ2v) is 6.17. The van der Waals surface area contributed by atoms with Crippen molar-refractivity contribution in [3.63, 3.8) is 0 Å². The van der Waals surface area contributed by atoms with Gasteiger partial charge in [0.15, 0.2) is 0 Å². The monoisotopic (exact) mass is 370 g/mol. The van der Waals surface area contributed by atoms with Crippen LogP contribution in [0.1, 0.15) is 30.1 Å². The third kappa shape index (κ3) is 6.33. The van der Waals surface area contributed by atoms with Gasteiger partial charge in [-0.3, -0.25) is 9.59 Å². The van der Waals surface area contributed by atoms with E-state index in [0.717, 1.165) is 18.6 Å². The molecule has 0 saturated carbocycles. The van der Waals surface area contributed by atoms with Crippen molar-refractivity contribution in [3.8, 4) is 11.5 Å². The van der Waals surface area contributed by atoms with E-state index in [0.29, 0.717) is 23.6 Å². The van der Waals surface area contributed by atoms with Gasteiger partial charge in [0.1, 0.15) is 11.5 Å². The van der Waals surface area contributed by atoms with Crippen molar-refractivity contribution in [1.29, 1.82) is 0 Å². The molecular formula is C21H26N2O4. The Morgan fingerprint density at radius 1 is 1.07 bits per heavy atom. The minimum Gasteiger partial charge on any atom is -0.497 e. The van der Waals surface area contributed by atoms with Gasteiger partial charge in [0, 0.05) is 24.4 Å². The maximum Gasteiger partial charge on any atom is 0.254 e. The summed E-state index contributed by atoms with van der Waals surface area (Å²) in [7, 11) is 3.16. The van der Waals surface area contributed by atoms with Crippen LogP contribution in [0.15, 0.2) is 48.5 Å². The number of nitrogens with zero attached hydrogens (tertiary/aromatic N) is 1. The fourth-order valence-corrected chi connectivity index (χ4v) is 2.44. The number of amides is 2. The van der Waals surface area contributed by atoms with Gasteiger partial charge in [0.25, 0.3) is 5.91 Å². The fourth-order valence-electron chi connectivity index (χ4n) is 2.44. The molecule has 0 heterocycles. The van der Waals surface area contributed by atoms with Crippen molar-refractivity contribution in [3.05, 3.63) is 54.1 Å². The number of rotatable bonds is 9. The highest BCUT2D eigenvalue weighted by Crippen LogP contribution is 2.17. The van der Waals surface area contributed by atoms with Gasteiger partial charge in [0.2, 0.25) is 5.91 Å². The zero-order valence-electron chi connectivity index (χ0n) is 16.0. The first-order valence-electron chi connectivity index (χ1n) is 8.95. The van der Waals surface area contributed by atoms with Crippen molar-refractivity contribution in [1.82, 2.24) is 4.90 Å². The van der Waals surface area contributed by atoms with Gasteiger partial charge in [-0.05, 0) is 42.8 Å². The third-order valence-corrected chi connectivity index (χ3v) is 3.95. The summed E-state index contributed by atoms with van der Waals surface area (Å²) in [6, 6.07) is 14.0. The smallest absolute Gasteiger partial charge is 0.254 e. The SMILES string of the molecule is CCCCOc1ccc(C(=O)N(C)CC(=O)Nc2cccc(OC)c2)cc1. The fraction of sp³-hybridized carbons (Fsp3) is 0.333. The number of unbranched alkanes of at least 4 members (excludes halogenated alkanes) is 1. The number of hydrogen-bond donors (Lipinski definition) is 1. The van der Waals surface area contributed by atoms with E-state index in [9.17, 15) is 9.59 Å². The molecule has 144 valence electrons. The van der Waals surface area contributed by atoms with Crippen LogP contribution in [0.2, 0.25) is 0 Å². The van der Waals surface area contributed by atoms with Gasteiger partial charge in [0.05, 0.1) is 20.3 Å². The molecule has 6 nitrogen and oxygen atoms in total. The Bertz CT molecular complexity index is 759. The summed E-state index contributed by atoms with van der Waals surface area (Å²) in [5.74, 6) is 0.881. The quantitative estimate of drug-likeness (QED) is 0.685. The maximum absolute atomic E-state index is 12.5. The number of benzene rings is 2. The molecule has 0 saturated heterocycles.